The second-order valence-electron chi connectivity index (χ2n) is 3.20. The van der Waals surface area contributed by atoms with Gasteiger partial charge in [-0.25, -0.2) is 0 Å². The SMILES string of the molecule is C#CCc1ccc2ccn(C)c2c1. The summed E-state index contributed by atoms with van der Waals surface area (Å²) in [4.78, 5) is 0. The van der Waals surface area contributed by atoms with Crippen molar-refractivity contribution in [1.29, 1.82) is 0 Å². The van der Waals surface area contributed by atoms with Crippen LogP contribution in [0.5, 0.6) is 0 Å². The largest absolute Gasteiger partial charge is 0.351 e. The molecule has 0 fully saturated rings. The van der Waals surface area contributed by atoms with Crippen molar-refractivity contribution in [2.45, 2.75) is 6.42 Å². The molecule has 0 bridgehead atoms. The molecule has 0 spiro atoms. The molecule has 0 N–H and O–H groups in total. The molecule has 0 saturated carbocycles. The number of benzene rings is 1. The third-order valence-corrected chi connectivity index (χ3v) is 2.26. The van der Waals surface area contributed by atoms with Gasteiger partial charge in [-0.3, -0.25) is 0 Å². The second-order valence-corrected chi connectivity index (χ2v) is 3.20. The maximum absolute atomic E-state index is 5.26. The van der Waals surface area contributed by atoms with E-state index in [9.17, 15) is 0 Å². The molecule has 1 heterocycles. The third kappa shape index (κ3) is 1.31. The minimum Gasteiger partial charge on any atom is -0.351 e. The van der Waals surface area contributed by atoms with Crippen molar-refractivity contribution >= 4 is 10.9 Å². The molecule has 1 aromatic carbocycles. The van der Waals surface area contributed by atoms with Crippen LogP contribution in [0.4, 0.5) is 0 Å². The third-order valence-electron chi connectivity index (χ3n) is 2.26. The van der Waals surface area contributed by atoms with Gasteiger partial charge in [-0.05, 0) is 23.1 Å². The quantitative estimate of drug-likeness (QED) is 0.577. The van der Waals surface area contributed by atoms with Crippen molar-refractivity contribution in [2.24, 2.45) is 7.05 Å². The Hall–Kier alpha value is -1.68. The van der Waals surface area contributed by atoms with Gasteiger partial charge in [-0.2, -0.15) is 0 Å². The normalized spacial score (nSPS) is 10.2. The number of nitrogens with zero attached hydrogens (tertiary/aromatic N) is 1. The molecule has 2 rings (SSSR count). The van der Waals surface area contributed by atoms with E-state index in [0.717, 1.165) is 0 Å². The first kappa shape index (κ1) is 7.94. The van der Waals surface area contributed by atoms with Crippen molar-refractivity contribution in [1.82, 2.24) is 4.57 Å². The molecular weight excluding hydrogens is 158 g/mol. The highest BCUT2D eigenvalue weighted by atomic mass is 14.9. The minimum atomic E-state index is 0.709. The Balaban J connectivity index is 2.60. The number of hydrogen-bond donors (Lipinski definition) is 0. The maximum Gasteiger partial charge on any atom is 0.0480 e. The zero-order valence-electron chi connectivity index (χ0n) is 7.62. The number of aryl methyl sites for hydroxylation is 1. The molecule has 0 unspecified atom stereocenters. The number of aromatic nitrogens is 1. The Morgan fingerprint density at radius 1 is 1.38 bits per heavy atom. The summed E-state index contributed by atoms with van der Waals surface area (Å²) in [7, 11) is 2.04. The molecule has 1 aromatic heterocycles. The molecule has 0 aliphatic heterocycles. The van der Waals surface area contributed by atoms with E-state index >= 15 is 0 Å². The van der Waals surface area contributed by atoms with Gasteiger partial charge in [-0.1, -0.05) is 12.1 Å². The number of hydrogen-bond acceptors (Lipinski definition) is 0. The van der Waals surface area contributed by atoms with Crippen molar-refractivity contribution in [3.63, 3.8) is 0 Å². The summed E-state index contributed by atoms with van der Waals surface area (Å²) in [6, 6.07) is 8.45. The van der Waals surface area contributed by atoms with Gasteiger partial charge in [0, 0.05) is 25.2 Å². The lowest BCUT2D eigenvalue weighted by Gasteiger charge is -1.98. The standard InChI is InChI=1S/C12H11N/c1-3-4-10-5-6-11-7-8-13(2)12(11)9-10/h1,5-9H,4H2,2H3. The monoisotopic (exact) mass is 169 g/mol. The van der Waals surface area contributed by atoms with Crippen molar-refractivity contribution in [3.8, 4) is 12.3 Å². The van der Waals surface area contributed by atoms with Crippen LogP contribution in [-0.4, -0.2) is 4.57 Å². The van der Waals surface area contributed by atoms with Crippen LogP contribution in [0.25, 0.3) is 10.9 Å². The predicted octanol–water partition coefficient (Wildman–Crippen LogP) is 2.35. The van der Waals surface area contributed by atoms with Gasteiger partial charge in [0.05, 0.1) is 0 Å². The zero-order valence-corrected chi connectivity index (χ0v) is 7.62. The molecule has 0 atom stereocenters. The number of fused-ring (bicyclic) bond motifs is 1. The Morgan fingerprint density at radius 2 is 2.23 bits per heavy atom. The summed E-state index contributed by atoms with van der Waals surface area (Å²) >= 11 is 0. The van der Waals surface area contributed by atoms with E-state index in [0.29, 0.717) is 6.42 Å². The first-order chi connectivity index (χ1) is 6.31. The molecule has 0 aliphatic carbocycles. The smallest absolute Gasteiger partial charge is 0.0480 e. The van der Waals surface area contributed by atoms with Crippen molar-refractivity contribution < 1.29 is 0 Å². The molecule has 1 heteroatoms. The molecule has 1 nitrogen and oxygen atoms in total. The van der Waals surface area contributed by atoms with Crippen molar-refractivity contribution in [3.05, 3.63) is 36.0 Å². The van der Waals surface area contributed by atoms with Gasteiger partial charge >= 0.3 is 0 Å². The summed E-state index contributed by atoms with van der Waals surface area (Å²) in [6.45, 7) is 0. The maximum atomic E-state index is 5.26. The first-order valence-corrected chi connectivity index (χ1v) is 4.28. The fraction of sp³-hybridized carbons (Fsp3) is 0.167. The van der Waals surface area contributed by atoms with Crippen LogP contribution in [0, 0.1) is 12.3 Å². The summed E-state index contributed by atoms with van der Waals surface area (Å²) in [6.07, 6.45) is 8.03. The van der Waals surface area contributed by atoms with Gasteiger partial charge in [0.1, 0.15) is 0 Å². The molecule has 0 amide bonds. The molecule has 0 radical (unpaired) electrons. The van der Waals surface area contributed by atoms with Crippen LogP contribution in [0.1, 0.15) is 5.56 Å². The average molecular weight is 169 g/mol. The lowest BCUT2D eigenvalue weighted by atomic mass is 10.1. The van der Waals surface area contributed by atoms with Gasteiger partial charge in [0.25, 0.3) is 0 Å². The van der Waals surface area contributed by atoms with E-state index in [2.05, 4.69) is 40.9 Å². The average Bonchev–Trinajstić information content (AvgIpc) is 2.49. The lowest BCUT2D eigenvalue weighted by molar-refractivity contribution is 0.968. The molecule has 64 valence electrons. The van der Waals surface area contributed by atoms with E-state index in [1.807, 2.05) is 7.05 Å². The predicted molar refractivity (Wildman–Crippen MR) is 55.5 cm³/mol. The van der Waals surface area contributed by atoms with Gasteiger partial charge < -0.3 is 4.57 Å². The molecular formula is C12H11N. The molecule has 13 heavy (non-hydrogen) atoms. The summed E-state index contributed by atoms with van der Waals surface area (Å²) in [5.74, 6) is 2.65. The van der Waals surface area contributed by atoms with Crippen LogP contribution in [-0.2, 0) is 13.5 Å². The Morgan fingerprint density at radius 3 is 3.00 bits per heavy atom. The number of rotatable bonds is 1. The second kappa shape index (κ2) is 2.99. The van der Waals surface area contributed by atoms with Crippen LogP contribution >= 0.6 is 0 Å². The highest BCUT2D eigenvalue weighted by Crippen LogP contribution is 2.16. The molecule has 0 aliphatic rings. The van der Waals surface area contributed by atoms with E-state index in [1.54, 1.807) is 0 Å². The first-order valence-electron chi connectivity index (χ1n) is 4.28. The molecule has 0 saturated heterocycles. The van der Waals surface area contributed by atoms with E-state index in [-0.39, 0.29) is 0 Å². The number of terminal acetylenes is 1. The molecule has 2 aromatic rings. The van der Waals surface area contributed by atoms with E-state index < -0.39 is 0 Å². The van der Waals surface area contributed by atoms with Crippen LogP contribution in [0.3, 0.4) is 0 Å². The fourth-order valence-corrected chi connectivity index (χ4v) is 1.54. The van der Waals surface area contributed by atoms with Crippen LogP contribution in [0.2, 0.25) is 0 Å². The Labute approximate surface area is 78.0 Å². The topological polar surface area (TPSA) is 4.93 Å². The lowest BCUT2D eigenvalue weighted by Crippen LogP contribution is -1.86. The van der Waals surface area contributed by atoms with Crippen LogP contribution in [0.15, 0.2) is 30.5 Å². The summed E-state index contributed by atoms with van der Waals surface area (Å²) < 4.78 is 2.11. The van der Waals surface area contributed by atoms with E-state index in [1.165, 1.54) is 16.5 Å². The van der Waals surface area contributed by atoms with Gasteiger partial charge in [0.2, 0.25) is 0 Å². The highest BCUT2D eigenvalue weighted by Gasteiger charge is 1.98. The Bertz CT molecular complexity index is 471. The van der Waals surface area contributed by atoms with Gasteiger partial charge in [0.15, 0.2) is 0 Å². The Kier molecular flexibility index (Phi) is 1.83. The summed E-state index contributed by atoms with van der Waals surface area (Å²) in [5.41, 5.74) is 2.45. The summed E-state index contributed by atoms with van der Waals surface area (Å²) in [5, 5.41) is 1.27. The van der Waals surface area contributed by atoms with Gasteiger partial charge in [-0.15, -0.1) is 12.3 Å². The fourth-order valence-electron chi connectivity index (χ4n) is 1.54. The van der Waals surface area contributed by atoms with Crippen molar-refractivity contribution in [2.75, 3.05) is 0 Å². The zero-order chi connectivity index (χ0) is 9.26. The van der Waals surface area contributed by atoms with Crippen LogP contribution < -0.4 is 0 Å². The van der Waals surface area contributed by atoms with E-state index in [4.69, 9.17) is 6.42 Å². The minimum absolute atomic E-state index is 0.709. The highest BCUT2D eigenvalue weighted by molar-refractivity contribution is 5.80.